The fourth-order valence-corrected chi connectivity index (χ4v) is 7.58. The molecule has 0 amide bonds. The number of carboxylic acid groups (broad SMARTS) is 1. The summed E-state index contributed by atoms with van der Waals surface area (Å²) in [5.74, 6) is -1.07. The van der Waals surface area contributed by atoms with Crippen molar-refractivity contribution in [1.29, 1.82) is 0 Å². The number of carboxylic acids is 1. The molecule has 9 nitrogen and oxygen atoms in total. The lowest BCUT2D eigenvalue weighted by Crippen LogP contribution is -2.50. The van der Waals surface area contributed by atoms with Crippen molar-refractivity contribution >= 4 is 17.0 Å². The molecule has 10 heteroatoms. The van der Waals surface area contributed by atoms with Gasteiger partial charge in [0.2, 0.25) is 0 Å². The number of rotatable bonds is 6. The number of benzene rings is 2. The maximum atomic E-state index is 15.5. The minimum atomic E-state index is -0.959. The Labute approximate surface area is 304 Å². The first kappa shape index (κ1) is 35.7. The molecule has 0 spiro atoms. The first-order valence-electron chi connectivity index (χ1n) is 18.1. The summed E-state index contributed by atoms with van der Waals surface area (Å²) in [6.07, 6.45) is 4.14. The highest BCUT2D eigenvalue weighted by Gasteiger charge is 2.29. The minimum absolute atomic E-state index is 0.215. The van der Waals surface area contributed by atoms with Gasteiger partial charge in [0.1, 0.15) is 5.65 Å². The summed E-state index contributed by atoms with van der Waals surface area (Å²) in [6.45, 7) is 13.2. The van der Waals surface area contributed by atoms with Crippen LogP contribution in [0.2, 0.25) is 0 Å². The molecule has 2 aromatic carbocycles. The van der Waals surface area contributed by atoms with Gasteiger partial charge in [-0.05, 0) is 118 Å². The second-order valence-corrected chi connectivity index (χ2v) is 15.2. The van der Waals surface area contributed by atoms with E-state index >= 15 is 4.39 Å². The first-order chi connectivity index (χ1) is 24.8. The Kier molecular flexibility index (Phi) is 9.67. The second kappa shape index (κ2) is 14.1. The van der Waals surface area contributed by atoms with Crippen LogP contribution in [-0.2, 0) is 42.4 Å². The summed E-state index contributed by atoms with van der Waals surface area (Å²) < 4.78 is 28.7. The van der Waals surface area contributed by atoms with Gasteiger partial charge in [-0.15, -0.1) is 0 Å². The number of ether oxygens (including phenoxy) is 2. The summed E-state index contributed by atoms with van der Waals surface area (Å²) in [6, 6.07) is 14.8. The van der Waals surface area contributed by atoms with Crippen molar-refractivity contribution < 1.29 is 28.9 Å². The van der Waals surface area contributed by atoms with Crippen LogP contribution < -0.4 is 4.74 Å². The van der Waals surface area contributed by atoms with E-state index in [1.807, 2.05) is 37.7 Å². The van der Waals surface area contributed by atoms with E-state index in [2.05, 4.69) is 35.2 Å². The summed E-state index contributed by atoms with van der Waals surface area (Å²) in [4.78, 5) is 24.3. The Morgan fingerprint density at radius 3 is 2.52 bits per heavy atom. The van der Waals surface area contributed by atoms with Crippen LogP contribution in [0.15, 0.2) is 48.7 Å². The number of aliphatic hydroxyl groups is 1. The Morgan fingerprint density at radius 2 is 1.81 bits per heavy atom. The molecule has 6 heterocycles. The molecule has 0 bridgehead atoms. The van der Waals surface area contributed by atoms with E-state index in [1.165, 1.54) is 17.2 Å². The zero-order valence-corrected chi connectivity index (χ0v) is 30.8. The number of hydrogen-bond acceptors (Lipinski definition) is 7. The van der Waals surface area contributed by atoms with E-state index in [9.17, 15) is 9.90 Å². The molecule has 3 aliphatic heterocycles. The lowest BCUT2D eigenvalue weighted by atomic mass is 9.87. The number of nitrogens with zero attached hydrogens (tertiary/aromatic N) is 4. The molecular formula is C42H47FN4O5. The summed E-state index contributed by atoms with van der Waals surface area (Å²) >= 11 is 0. The molecule has 3 aromatic heterocycles. The van der Waals surface area contributed by atoms with Crippen LogP contribution in [0.25, 0.3) is 44.7 Å². The fraction of sp³-hybridized carbons (Fsp3) is 0.405. The van der Waals surface area contributed by atoms with Crippen molar-refractivity contribution in [1.82, 2.24) is 19.4 Å². The molecular weight excluding hydrogens is 659 g/mol. The molecule has 0 atom stereocenters. The van der Waals surface area contributed by atoms with Crippen LogP contribution in [-0.4, -0.2) is 73.6 Å². The summed E-state index contributed by atoms with van der Waals surface area (Å²) in [5, 5.41) is 19.2. The van der Waals surface area contributed by atoms with Gasteiger partial charge in [-0.1, -0.05) is 12.1 Å². The van der Waals surface area contributed by atoms with Gasteiger partial charge in [0, 0.05) is 54.1 Å². The molecule has 1 fully saturated rings. The van der Waals surface area contributed by atoms with Gasteiger partial charge in [-0.2, -0.15) is 0 Å². The monoisotopic (exact) mass is 706 g/mol. The van der Waals surface area contributed by atoms with E-state index in [0.717, 1.165) is 78.2 Å². The van der Waals surface area contributed by atoms with Crippen LogP contribution >= 0.6 is 0 Å². The van der Waals surface area contributed by atoms with Crippen LogP contribution in [0, 0.1) is 19.7 Å². The Bertz CT molecular complexity index is 2180. The molecule has 0 aliphatic carbocycles. The van der Waals surface area contributed by atoms with Crippen molar-refractivity contribution in [2.75, 3.05) is 26.4 Å². The van der Waals surface area contributed by atoms with Crippen molar-refractivity contribution in [3.63, 3.8) is 0 Å². The zero-order valence-electron chi connectivity index (χ0n) is 30.8. The highest BCUT2D eigenvalue weighted by atomic mass is 19.1. The zero-order chi connectivity index (χ0) is 36.9. The highest BCUT2D eigenvalue weighted by molar-refractivity contribution is 6.01. The third kappa shape index (κ3) is 7.07. The van der Waals surface area contributed by atoms with Crippen LogP contribution in [0.3, 0.4) is 0 Å². The van der Waals surface area contributed by atoms with Crippen LogP contribution in [0.4, 0.5) is 4.39 Å². The van der Waals surface area contributed by atoms with Crippen LogP contribution in [0.1, 0.15) is 60.7 Å². The van der Waals surface area contributed by atoms with Gasteiger partial charge >= 0.3 is 5.97 Å². The Balaban J connectivity index is 0.000000789. The van der Waals surface area contributed by atoms with Gasteiger partial charge in [0.15, 0.2) is 11.6 Å². The molecule has 5 aromatic rings. The maximum Gasteiger partial charge on any atom is 0.307 e. The normalized spacial score (nSPS) is 16.0. The molecule has 3 aliphatic rings. The van der Waals surface area contributed by atoms with E-state index in [4.69, 9.17) is 24.5 Å². The minimum Gasteiger partial charge on any atom is -0.490 e. The summed E-state index contributed by atoms with van der Waals surface area (Å²) in [7, 11) is 1.97. The second-order valence-electron chi connectivity index (χ2n) is 15.2. The standard InChI is InChI=1S/C38H37FN4O4.C4H10O/c1-21-28-5-4-12-47-37(28)32(39)15-29(21)36-30(17-35(44)45)22(2)41-38-31(36)16-34(42(38)3)25-8-10-40-33(14-25)24-6-7-26-18-43(27-19-46-20-27)11-9-23(26)13-24;1-4(2,3)5/h6-8,10,13-16,27H,4-5,9,11-12,17-20H2,1-3H3,(H,44,45);5H,1-3H3. The SMILES string of the molecule is CC(C)(C)O.Cc1nc2c(cc(-c3ccnc(-c4ccc5c(c4)CCN(C4COC4)C5)c3)n2C)c(-c2cc(F)c3c(c2C)CCCO3)c1CC(=O)O. The lowest BCUT2D eigenvalue weighted by molar-refractivity contribution is -0.136. The van der Waals surface area contributed by atoms with Crippen molar-refractivity contribution in [2.24, 2.45) is 7.05 Å². The van der Waals surface area contributed by atoms with E-state index in [1.54, 1.807) is 20.8 Å². The third-order valence-electron chi connectivity index (χ3n) is 10.3. The number of aromatic nitrogens is 3. The van der Waals surface area contributed by atoms with Crippen molar-refractivity contribution in [3.8, 4) is 39.4 Å². The summed E-state index contributed by atoms with van der Waals surface area (Å²) in [5.41, 5.74) is 11.1. The maximum absolute atomic E-state index is 15.5. The predicted octanol–water partition coefficient (Wildman–Crippen LogP) is 7.21. The number of aliphatic carboxylic acids is 1. The predicted molar refractivity (Wildman–Crippen MR) is 200 cm³/mol. The van der Waals surface area contributed by atoms with E-state index < -0.39 is 17.4 Å². The van der Waals surface area contributed by atoms with Gasteiger partial charge in [-0.25, -0.2) is 9.37 Å². The highest BCUT2D eigenvalue weighted by Crippen LogP contribution is 2.43. The number of pyridine rings is 2. The number of fused-ring (bicyclic) bond motifs is 3. The number of carbonyl (C=O) groups is 1. The van der Waals surface area contributed by atoms with Gasteiger partial charge in [-0.3, -0.25) is 14.7 Å². The molecule has 8 rings (SSSR count). The molecule has 1 saturated heterocycles. The number of hydrogen-bond donors (Lipinski definition) is 2. The largest absolute Gasteiger partial charge is 0.490 e. The van der Waals surface area contributed by atoms with E-state index in [0.29, 0.717) is 52.9 Å². The molecule has 52 heavy (non-hydrogen) atoms. The molecule has 0 radical (unpaired) electrons. The smallest absolute Gasteiger partial charge is 0.307 e. The van der Waals surface area contributed by atoms with Gasteiger partial charge in [0.25, 0.3) is 0 Å². The first-order valence-corrected chi connectivity index (χ1v) is 18.1. The Hall–Kier alpha value is -4.64. The molecule has 0 unspecified atom stereocenters. The average molecular weight is 707 g/mol. The fourth-order valence-electron chi connectivity index (χ4n) is 7.58. The number of halogens is 1. The van der Waals surface area contributed by atoms with Gasteiger partial charge < -0.3 is 24.3 Å². The third-order valence-corrected chi connectivity index (χ3v) is 10.3. The molecule has 2 N–H and O–H groups in total. The molecule has 272 valence electrons. The number of aryl methyl sites for hydroxylation is 2. The van der Waals surface area contributed by atoms with Crippen molar-refractivity contribution in [3.05, 3.63) is 88.0 Å². The van der Waals surface area contributed by atoms with Gasteiger partial charge in [0.05, 0.1) is 49.3 Å². The average Bonchev–Trinajstić information content (AvgIpc) is 3.40. The Morgan fingerprint density at radius 1 is 1.04 bits per heavy atom. The van der Waals surface area contributed by atoms with Crippen LogP contribution in [0.5, 0.6) is 5.75 Å². The quantitative estimate of drug-likeness (QED) is 0.191. The van der Waals surface area contributed by atoms with E-state index in [-0.39, 0.29) is 6.42 Å². The lowest BCUT2D eigenvalue weighted by Gasteiger charge is -2.40. The topological polar surface area (TPSA) is 110 Å². The van der Waals surface area contributed by atoms with Crippen molar-refractivity contribution in [2.45, 2.75) is 78.5 Å². The molecule has 0 saturated carbocycles.